The van der Waals surface area contributed by atoms with Crippen molar-refractivity contribution < 1.29 is 23.4 Å². The Morgan fingerprint density at radius 1 is 0.917 bits per heavy atom. The highest BCUT2D eigenvalue weighted by Gasteiger charge is 2.65. The summed E-state index contributed by atoms with van der Waals surface area (Å²) in [6.07, 6.45) is 5.33. The molecule has 0 spiro atoms. The number of hydrogen-bond donors (Lipinski definition) is 2. The van der Waals surface area contributed by atoms with E-state index >= 15 is 0 Å². The van der Waals surface area contributed by atoms with Crippen molar-refractivity contribution in [2.24, 2.45) is 46.3 Å². The number of halogens is 3. The summed E-state index contributed by atoms with van der Waals surface area (Å²) >= 11 is 0. The molecule has 10 atom stereocenters. The Kier molecular flexibility index (Phi) is 6.68. The van der Waals surface area contributed by atoms with E-state index in [-0.39, 0.29) is 35.5 Å². The van der Waals surface area contributed by atoms with Crippen molar-refractivity contribution in [1.82, 2.24) is 0 Å². The first kappa shape index (κ1) is 26.3. The molecule has 0 aromatic heterocycles. The van der Waals surface area contributed by atoms with Crippen LogP contribution in [-0.4, -0.2) is 28.1 Å². The van der Waals surface area contributed by atoms with E-state index in [0.29, 0.717) is 30.1 Å². The van der Waals surface area contributed by atoms with Crippen LogP contribution in [0.1, 0.15) is 84.1 Å². The average molecular weight is 505 g/mol. The molecule has 4 saturated carbocycles. The summed E-state index contributed by atoms with van der Waals surface area (Å²) < 4.78 is 40.9. The summed E-state index contributed by atoms with van der Waals surface area (Å²) in [4.78, 5) is 0. The van der Waals surface area contributed by atoms with Crippen LogP contribution in [0.15, 0.2) is 36.4 Å². The summed E-state index contributed by atoms with van der Waals surface area (Å²) in [5.74, 6) is 2.14. The first-order valence-corrected chi connectivity index (χ1v) is 14.1. The highest BCUT2D eigenvalue weighted by atomic mass is 19.4. The van der Waals surface area contributed by atoms with Crippen LogP contribution in [0, 0.1) is 46.3 Å². The Morgan fingerprint density at radius 2 is 1.61 bits per heavy atom. The minimum absolute atomic E-state index is 0.0513. The molecule has 0 bridgehead atoms. The average Bonchev–Trinajstić information content (AvgIpc) is 3.19. The van der Waals surface area contributed by atoms with E-state index in [1.807, 2.05) is 42.5 Å². The standard InChI is InChI=1S/C31H43F3O2/c1-20(27(35)14-9-21-7-5-4-6-8-21)24-12-13-25-23-11-10-22-19-30(36,31(32,33)34)18-17-28(22,2)26(23)15-16-29(24,25)3/h4-9,14,20,22-27,35-36H,10-13,15-19H2,1-3H3/b14-9+/t20-,22-,23-,24+,25-,26-,27+,28-,29+,30-/m0/s1. The molecule has 5 rings (SSSR count). The molecule has 4 aliphatic rings. The minimum atomic E-state index is -4.54. The van der Waals surface area contributed by atoms with Crippen molar-refractivity contribution in [2.75, 3.05) is 0 Å². The lowest BCUT2D eigenvalue weighted by atomic mass is 9.43. The second-order valence-electron chi connectivity index (χ2n) is 13.2. The molecule has 1 aromatic carbocycles. The van der Waals surface area contributed by atoms with E-state index < -0.39 is 17.9 Å². The maximum absolute atomic E-state index is 13.6. The van der Waals surface area contributed by atoms with Gasteiger partial charge in [-0.3, -0.25) is 0 Å². The fourth-order valence-electron chi connectivity index (χ4n) is 9.59. The van der Waals surface area contributed by atoms with Crippen LogP contribution in [0.2, 0.25) is 0 Å². The Hall–Kier alpha value is -1.33. The number of aliphatic hydroxyl groups is 2. The lowest BCUT2D eigenvalue weighted by Gasteiger charge is -2.62. The van der Waals surface area contributed by atoms with Crippen LogP contribution >= 0.6 is 0 Å². The molecule has 0 heterocycles. The molecule has 0 saturated heterocycles. The van der Waals surface area contributed by atoms with Crippen molar-refractivity contribution >= 4 is 6.08 Å². The SMILES string of the molecule is C[C@H]([C@H](O)/C=C/c1ccccc1)[C@H]1CC[C@H]2[C@@H]3CC[C@H]4C[C@](O)(C(F)(F)F)CC[C@]4(C)[C@H]3CC[C@]12C. The summed E-state index contributed by atoms with van der Waals surface area (Å²) in [6, 6.07) is 10.1. The van der Waals surface area contributed by atoms with Gasteiger partial charge in [0.2, 0.25) is 0 Å². The Morgan fingerprint density at radius 3 is 2.31 bits per heavy atom. The maximum atomic E-state index is 13.6. The normalized spacial score (nSPS) is 44.5. The number of benzene rings is 1. The van der Waals surface area contributed by atoms with Gasteiger partial charge in [-0.1, -0.05) is 63.3 Å². The van der Waals surface area contributed by atoms with Gasteiger partial charge in [0.1, 0.15) is 0 Å². The van der Waals surface area contributed by atoms with Crippen LogP contribution in [0.4, 0.5) is 13.2 Å². The molecule has 0 aliphatic heterocycles. The quantitative estimate of drug-likeness (QED) is 0.442. The molecule has 4 aliphatic carbocycles. The lowest BCUT2D eigenvalue weighted by molar-refractivity contribution is -0.290. The topological polar surface area (TPSA) is 40.5 Å². The molecule has 2 N–H and O–H groups in total. The predicted molar refractivity (Wildman–Crippen MR) is 137 cm³/mol. The van der Waals surface area contributed by atoms with Crippen molar-refractivity contribution in [3.8, 4) is 0 Å². The third-order valence-electron chi connectivity index (χ3n) is 11.8. The van der Waals surface area contributed by atoms with Gasteiger partial charge in [0.15, 0.2) is 5.60 Å². The van der Waals surface area contributed by atoms with Crippen LogP contribution in [0.25, 0.3) is 6.08 Å². The van der Waals surface area contributed by atoms with Crippen LogP contribution in [0.3, 0.4) is 0 Å². The van der Waals surface area contributed by atoms with E-state index in [1.165, 1.54) is 0 Å². The Bertz CT molecular complexity index is 960. The van der Waals surface area contributed by atoms with E-state index in [2.05, 4.69) is 20.8 Å². The highest BCUT2D eigenvalue weighted by molar-refractivity contribution is 5.49. The zero-order valence-corrected chi connectivity index (χ0v) is 22.0. The van der Waals surface area contributed by atoms with Crippen LogP contribution in [0.5, 0.6) is 0 Å². The van der Waals surface area contributed by atoms with Gasteiger partial charge < -0.3 is 10.2 Å². The van der Waals surface area contributed by atoms with Gasteiger partial charge in [0, 0.05) is 0 Å². The smallest absolute Gasteiger partial charge is 0.389 e. The van der Waals surface area contributed by atoms with Crippen molar-refractivity contribution in [3.63, 3.8) is 0 Å². The van der Waals surface area contributed by atoms with E-state index in [1.54, 1.807) is 0 Å². The summed E-state index contributed by atoms with van der Waals surface area (Å²) in [5, 5.41) is 21.5. The summed E-state index contributed by atoms with van der Waals surface area (Å²) in [6.45, 7) is 6.87. The second kappa shape index (κ2) is 9.15. The van der Waals surface area contributed by atoms with Crippen LogP contribution < -0.4 is 0 Å². The third-order valence-corrected chi connectivity index (χ3v) is 11.8. The zero-order chi connectivity index (χ0) is 25.9. The molecule has 36 heavy (non-hydrogen) atoms. The second-order valence-corrected chi connectivity index (χ2v) is 13.2. The van der Waals surface area contributed by atoms with Gasteiger partial charge in [-0.25, -0.2) is 0 Å². The molecule has 2 nitrogen and oxygen atoms in total. The number of fused-ring (bicyclic) bond motifs is 5. The molecule has 0 unspecified atom stereocenters. The first-order valence-electron chi connectivity index (χ1n) is 14.1. The number of rotatable bonds is 4. The molecule has 5 heteroatoms. The number of aliphatic hydroxyl groups excluding tert-OH is 1. The maximum Gasteiger partial charge on any atom is 0.417 e. The van der Waals surface area contributed by atoms with Crippen molar-refractivity contribution in [2.45, 2.75) is 96.4 Å². The lowest BCUT2D eigenvalue weighted by Crippen LogP contribution is -2.59. The third kappa shape index (κ3) is 4.17. The Labute approximate surface area is 214 Å². The van der Waals surface area contributed by atoms with Gasteiger partial charge in [-0.15, -0.1) is 0 Å². The van der Waals surface area contributed by atoms with Gasteiger partial charge in [0.05, 0.1) is 6.10 Å². The highest BCUT2D eigenvalue weighted by Crippen LogP contribution is 2.69. The number of alkyl halides is 3. The van der Waals surface area contributed by atoms with Gasteiger partial charge in [0.25, 0.3) is 0 Å². The minimum Gasteiger partial charge on any atom is -0.389 e. The van der Waals surface area contributed by atoms with Crippen LogP contribution in [-0.2, 0) is 0 Å². The fraction of sp³-hybridized carbons (Fsp3) is 0.742. The van der Waals surface area contributed by atoms with Crippen molar-refractivity contribution in [1.29, 1.82) is 0 Å². The van der Waals surface area contributed by atoms with E-state index in [9.17, 15) is 23.4 Å². The first-order chi connectivity index (χ1) is 16.9. The summed E-state index contributed by atoms with van der Waals surface area (Å²) in [7, 11) is 0. The Balaban J connectivity index is 1.30. The number of hydrogen-bond acceptors (Lipinski definition) is 2. The van der Waals surface area contributed by atoms with Gasteiger partial charge in [-0.05, 0) is 110 Å². The van der Waals surface area contributed by atoms with Gasteiger partial charge >= 0.3 is 6.18 Å². The monoisotopic (exact) mass is 504 g/mol. The molecule has 0 amide bonds. The molecule has 4 fully saturated rings. The molecule has 200 valence electrons. The van der Waals surface area contributed by atoms with Crippen molar-refractivity contribution in [3.05, 3.63) is 42.0 Å². The zero-order valence-electron chi connectivity index (χ0n) is 22.0. The van der Waals surface area contributed by atoms with E-state index in [4.69, 9.17) is 0 Å². The molecule has 1 aromatic rings. The molecule has 0 radical (unpaired) electrons. The van der Waals surface area contributed by atoms with E-state index in [0.717, 1.165) is 44.1 Å². The predicted octanol–water partition coefficient (Wildman–Crippen LogP) is 7.65. The fourth-order valence-corrected chi connectivity index (χ4v) is 9.59. The van der Waals surface area contributed by atoms with Gasteiger partial charge in [-0.2, -0.15) is 13.2 Å². The molecular formula is C31H43F3O2. The largest absolute Gasteiger partial charge is 0.417 e. The molecular weight excluding hydrogens is 461 g/mol. The summed E-state index contributed by atoms with van der Waals surface area (Å²) in [5.41, 5.74) is -1.35.